The number of rotatable bonds is 11. The number of nitrogens with one attached hydrogen (secondary N) is 2. The molecule has 0 aliphatic heterocycles. The summed E-state index contributed by atoms with van der Waals surface area (Å²) in [7, 11) is 0. The van der Waals surface area contributed by atoms with Gasteiger partial charge in [-0.15, -0.1) is 0 Å². The molecule has 12 heteroatoms. The highest BCUT2D eigenvalue weighted by Crippen LogP contribution is 2.24. The van der Waals surface area contributed by atoms with Crippen molar-refractivity contribution in [1.29, 1.82) is 0 Å². The second-order valence-electron chi connectivity index (χ2n) is 6.88. The van der Waals surface area contributed by atoms with E-state index in [-0.39, 0.29) is 29.5 Å². The lowest BCUT2D eigenvalue weighted by atomic mass is 10.1. The van der Waals surface area contributed by atoms with Crippen molar-refractivity contribution in [3.05, 3.63) is 74.1 Å². The van der Waals surface area contributed by atoms with E-state index < -0.39 is 22.6 Å². The van der Waals surface area contributed by atoms with Crippen molar-refractivity contribution in [2.45, 2.75) is 25.3 Å². The van der Waals surface area contributed by atoms with Gasteiger partial charge in [0, 0.05) is 29.8 Å². The molecule has 168 valence electrons. The molecule has 0 fully saturated rings. The number of aromatic hydroxyl groups is 1. The van der Waals surface area contributed by atoms with Crippen LogP contribution in [0.5, 0.6) is 5.75 Å². The van der Waals surface area contributed by atoms with Gasteiger partial charge in [0.2, 0.25) is 5.91 Å². The molecule has 0 saturated carbocycles. The average Bonchev–Trinajstić information content (AvgIpc) is 2.77. The summed E-state index contributed by atoms with van der Waals surface area (Å²) in [5.41, 5.74) is 14.7. The van der Waals surface area contributed by atoms with Gasteiger partial charge in [0.25, 0.3) is 11.6 Å². The Morgan fingerprint density at radius 2 is 1.81 bits per heavy atom. The lowest BCUT2D eigenvalue weighted by Crippen LogP contribution is -2.42. The molecule has 1 atom stereocenters. The number of nitrogens with zero attached hydrogens (tertiary/aromatic N) is 4. The summed E-state index contributed by atoms with van der Waals surface area (Å²) >= 11 is 0. The highest BCUT2D eigenvalue weighted by atomic mass is 16.6. The fourth-order valence-corrected chi connectivity index (χ4v) is 2.85. The molecule has 2 rings (SSSR count). The fourth-order valence-electron chi connectivity index (χ4n) is 2.85. The SMILES string of the molecule is [N-]=[N+]=Nc1ccc([N+](=O)[O-])c(C(=O)NCCCCNC(=O)C(N)Cc2ccc(O)cc2)c1. The Morgan fingerprint density at radius 3 is 2.44 bits per heavy atom. The van der Waals surface area contributed by atoms with Gasteiger partial charge >= 0.3 is 0 Å². The summed E-state index contributed by atoms with van der Waals surface area (Å²) in [5, 5.41) is 29.0. The van der Waals surface area contributed by atoms with Crippen LogP contribution in [-0.2, 0) is 11.2 Å². The van der Waals surface area contributed by atoms with Crippen molar-refractivity contribution in [3.8, 4) is 5.75 Å². The predicted molar refractivity (Wildman–Crippen MR) is 116 cm³/mol. The molecule has 0 spiro atoms. The Hall–Kier alpha value is -4.15. The lowest BCUT2D eigenvalue weighted by Gasteiger charge is -2.12. The van der Waals surface area contributed by atoms with Gasteiger partial charge in [-0.2, -0.15) is 0 Å². The Kier molecular flexibility index (Phi) is 8.96. The van der Waals surface area contributed by atoms with Crippen molar-refractivity contribution in [1.82, 2.24) is 10.6 Å². The topological polar surface area (TPSA) is 196 Å². The molecular formula is C20H23N7O5. The number of carbonyl (C=O) groups excluding carboxylic acids is 2. The van der Waals surface area contributed by atoms with Gasteiger partial charge in [-0.1, -0.05) is 17.2 Å². The quantitative estimate of drug-likeness (QED) is 0.103. The zero-order valence-electron chi connectivity index (χ0n) is 17.1. The number of phenols is 1. The van der Waals surface area contributed by atoms with Crippen LogP contribution in [0.2, 0.25) is 0 Å². The highest BCUT2D eigenvalue weighted by Gasteiger charge is 2.20. The minimum absolute atomic E-state index is 0.0922. The van der Waals surface area contributed by atoms with Gasteiger partial charge in [-0.05, 0) is 54.6 Å². The first-order valence-corrected chi connectivity index (χ1v) is 9.74. The fraction of sp³-hybridized carbons (Fsp3) is 0.300. The van der Waals surface area contributed by atoms with E-state index >= 15 is 0 Å². The third-order valence-corrected chi connectivity index (χ3v) is 4.50. The highest BCUT2D eigenvalue weighted by molar-refractivity contribution is 5.99. The van der Waals surface area contributed by atoms with Gasteiger partial charge in [-0.25, -0.2) is 0 Å². The smallest absolute Gasteiger partial charge is 0.282 e. The molecule has 12 nitrogen and oxygen atoms in total. The van der Waals surface area contributed by atoms with Gasteiger partial charge in [0.05, 0.1) is 11.0 Å². The van der Waals surface area contributed by atoms with Crippen LogP contribution in [0.4, 0.5) is 11.4 Å². The number of carbonyl (C=O) groups is 2. The predicted octanol–water partition coefficient (Wildman–Crippen LogP) is 2.44. The molecule has 2 amide bonds. The number of nitro groups is 1. The van der Waals surface area contributed by atoms with Gasteiger partial charge in [-0.3, -0.25) is 19.7 Å². The molecule has 0 saturated heterocycles. The van der Waals surface area contributed by atoms with E-state index in [2.05, 4.69) is 20.7 Å². The zero-order chi connectivity index (χ0) is 23.5. The minimum Gasteiger partial charge on any atom is -0.508 e. The van der Waals surface area contributed by atoms with Crippen LogP contribution in [-0.4, -0.2) is 41.0 Å². The second-order valence-corrected chi connectivity index (χ2v) is 6.88. The van der Waals surface area contributed by atoms with E-state index in [9.17, 15) is 24.8 Å². The molecule has 0 bridgehead atoms. The first kappa shape index (κ1) is 24.1. The first-order chi connectivity index (χ1) is 15.3. The normalized spacial score (nSPS) is 11.2. The molecule has 1 unspecified atom stereocenters. The van der Waals surface area contributed by atoms with Crippen LogP contribution in [0, 0.1) is 10.1 Å². The van der Waals surface area contributed by atoms with Crippen LogP contribution in [0.1, 0.15) is 28.8 Å². The van der Waals surface area contributed by atoms with E-state index in [1.54, 1.807) is 12.1 Å². The van der Waals surface area contributed by atoms with E-state index in [1.165, 1.54) is 18.2 Å². The Bertz CT molecular complexity index is 1020. The number of benzene rings is 2. The Labute approximate surface area is 183 Å². The molecule has 0 radical (unpaired) electrons. The zero-order valence-corrected chi connectivity index (χ0v) is 17.1. The number of unbranched alkanes of at least 4 members (excludes halogenated alkanes) is 1. The maximum absolute atomic E-state index is 12.3. The second kappa shape index (κ2) is 11.9. The van der Waals surface area contributed by atoms with E-state index in [0.717, 1.165) is 17.7 Å². The molecule has 0 aliphatic carbocycles. The molecule has 5 N–H and O–H groups in total. The molecule has 2 aromatic rings. The van der Waals surface area contributed by atoms with Gasteiger partial charge in [0.15, 0.2) is 0 Å². The Balaban J connectivity index is 1.74. The third-order valence-electron chi connectivity index (χ3n) is 4.50. The van der Waals surface area contributed by atoms with Crippen molar-refractivity contribution in [2.24, 2.45) is 10.8 Å². The molecule has 0 aliphatic rings. The number of hydrogen-bond donors (Lipinski definition) is 4. The lowest BCUT2D eigenvalue weighted by molar-refractivity contribution is -0.385. The number of amides is 2. The van der Waals surface area contributed by atoms with Crippen LogP contribution in [0.15, 0.2) is 47.6 Å². The summed E-state index contributed by atoms with van der Waals surface area (Å²) in [4.78, 5) is 37.4. The largest absolute Gasteiger partial charge is 0.508 e. The number of hydrogen-bond acceptors (Lipinski definition) is 7. The third kappa shape index (κ3) is 7.27. The number of phenolic OH excluding ortho intramolecular Hbond substituents is 1. The van der Waals surface area contributed by atoms with Crippen LogP contribution >= 0.6 is 0 Å². The van der Waals surface area contributed by atoms with Crippen molar-refractivity contribution in [3.63, 3.8) is 0 Å². The van der Waals surface area contributed by atoms with E-state index in [4.69, 9.17) is 11.3 Å². The van der Waals surface area contributed by atoms with Crippen molar-refractivity contribution < 1.29 is 19.6 Å². The number of azide groups is 1. The standard InChI is InChI=1S/C20H23N7O5/c21-17(11-13-3-6-15(28)7-4-13)20(30)24-10-2-1-9-23-19(29)16-12-14(25-26-22)5-8-18(16)27(31)32/h3-8,12,17,28H,1-2,9-11,21H2,(H,23,29)(H,24,30). The monoisotopic (exact) mass is 441 g/mol. The maximum Gasteiger partial charge on any atom is 0.282 e. The summed E-state index contributed by atoms with van der Waals surface area (Å²) in [6.45, 7) is 0.585. The van der Waals surface area contributed by atoms with Crippen LogP contribution < -0.4 is 16.4 Å². The van der Waals surface area contributed by atoms with Crippen LogP contribution in [0.3, 0.4) is 0 Å². The first-order valence-electron chi connectivity index (χ1n) is 9.74. The van der Waals surface area contributed by atoms with E-state index in [1.807, 2.05) is 0 Å². The van der Waals surface area contributed by atoms with Crippen molar-refractivity contribution in [2.75, 3.05) is 13.1 Å². The average molecular weight is 441 g/mol. The summed E-state index contributed by atoms with van der Waals surface area (Å²) in [6.07, 6.45) is 1.40. The summed E-state index contributed by atoms with van der Waals surface area (Å²) in [6, 6.07) is 9.22. The molecule has 0 heterocycles. The van der Waals surface area contributed by atoms with Crippen molar-refractivity contribution >= 4 is 23.2 Å². The van der Waals surface area contributed by atoms with Gasteiger partial charge < -0.3 is 21.5 Å². The Morgan fingerprint density at radius 1 is 1.16 bits per heavy atom. The molecule has 32 heavy (non-hydrogen) atoms. The minimum atomic E-state index is -0.733. The van der Waals surface area contributed by atoms with Crippen LogP contribution in [0.25, 0.3) is 10.4 Å². The summed E-state index contributed by atoms with van der Waals surface area (Å²) in [5.74, 6) is -0.837. The summed E-state index contributed by atoms with van der Waals surface area (Å²) < 4.78 is 0. The number of nitro benzene ring substituents is 1. The van der Waals surface area contributed by atoms with Gasteiger partial charge in [0.1, 0.15) is 11.3 Å². The number of nitrogens with two attached hydrogens (primary N) is 1. The van der Waals surface area contributed by atoms with E-state index in [0.29, 0.717) is 25.8 Å². The molecule has 0 aromatic heterocycles. The maximum atomic E-state index is 12.3. The molecular weight excluding hydrogens is 418 g/mol. The molecule has 2 aromatic carbocycles.